The molecule has 0 amide bonds. The summed E-state index contributed by atoms with van der Waals surface area (Å²) >= 11 is 0. The van der Waals surface area contributed by atoms with Crippen molar-refractivity contribution in [2.75, 3.05) is 6.16 Å². The Morgan fingerprint density at radius 2 is 1.18 bits per heavy atom. The van der Waals surface area contributed by atoms with Crippen molar-refractivity contribution in [3.8, 4) is 0 Å². The maximum atomic E-state index is 4.70. The van der Waals surface area contributed by atoms with Crippen LogP contribution in [0.15, 0.2) is 60.2 Å². The van der Waals surface area contributed by atoms with E-state index in [1.807, 2.05) is 36.9 Å². The summed E-state index contributed by atoms with van der Waals surface area (Å²) in [5.41, 5.74) is 2.68. The Morgan fingerprint density at radius 3 is 1.55 bits per heavy atom. The van der Waals surface area contributed by atoms with Crippen molar-refractivity contribution in [2.45, 2.75) is 77.8 Å². The molecule has 2 unspecified atom stereocenters. The number of rotatable bonds is 5. The topological polar surface area (TPSA) is 51.6 Å². The highest BCUT2D eigenvalue weighted by molar-refractivity contribution is 7.60. The summed E-state index contributed by atoms with van der Waals surface area (Å²) in [5.74, 6) is 1.71. The van der Waals surface area contributed by atoms with Crippen LogP contribution in [-0.2, 0) is 5.16 Å². The highest BCUT2D eigenvalue weighted by Crippen LogP contribution is 2.62. The first kappa shape index (κ1) is 26.1. The van der Waals surface area contributed by atoms with Gasteiger partial charge in [0.05, 0.1) is 0 Å². The predicted octanol–water partition coefficient (Wildman–Crippen LogP) is 6.99. The second-order valence-corrected chi connectivity index (χ2v) is 16.8. The summed E-state index contributed by atoms with van der Waals surface area (Å²) in [6.07, 6.45) is 13.2. The molecule has 4 nitrogen and oxygen atoms in total. The van der Waals surface area contributed by atoms with Crippen LogP contribution in [0.3, 0.4) is 0 Å². The van der Waals surface area contributed by atoms with E-state index >= 15 is 0 Å². The van der Waals surface area contributed by atoms with Crippen LogP contribution in [0.2, 0.25) is 0 Å². The molecule has 0 saturated carbocycles. The molecule has 0 spiro atoms. The highest BCUT2D eigenvalue weighted by atomic mass is 31.1. The molecule has 0 saturated heterocycles. The van der Waals surface area contributed by atoms with Crippen molar-refractivity contribution >= 4 is 17.2 Å². The SMILES string of the molecule is CC(C)(C)C1=CC(CP(C(C)(C)C)C(C)(C)C)C(C(P)(c2ncccn2)c2ncccn2)=C1. The van der Waals surface area contributed by atoms with Gasteiger partial charge >= 0.3 is 0 Å². The molecular weight excluding hydrogens is 442 g/mol. The molecule has 2 heterocycles. The second-order valence-electron chi connectivity index (χ2n) is 12.0. The highest BCUT2D eigenvalue weighted by Gasteiger charge is 2.46. The van der Waals surface area contributed by atoms with E-state index < -0.39 is 5.16 Å². The van der Waals surface area contributed by atoms with E-state index in [-0.39, 0.29) is 29.6 Å². The molecule has 0 bridgehead atoms. The maximum Gasteiger partial charge on any atom is 0.149 e. The minimum absolute atomic E-state index is 0.0485. The molecule has 0 radical (unpaired) electrons. The van der Waals surface area contributed by atoms with Gasteiger partial charge in [-0.25, -0.2) is 19.9 Å². The molecule has 0 N–H and O–H groups in total. The summed E-state index contributed by atoms with van der Waals surface area (Å²) in [4.78, 5) is 18.8. The van der Waals surface area contributed by atoms with E-state index in [2.05, 4.69) is 83.7 Å². The van der Waals surface area contributed by atoms with E-state index in [9.17, 15) is 0 Å². The van der Waals surface area contributed by atoms with Crippen LogP contribution >= 0.6 is 17.2 Å². The van der Waals surface area contributed by atoms with Gasteiger partial charge in [0.25, 0.3) is 0 Å². The number of hydrogen-bond donors (Lipinski definition) is 0. The third-order valence-electron chi connectivity index (χ3n) is 6.25. The first-order chi connectivity index (χ1) is 15.1. The van der Waals surface area contributed by atoms with E-state index in [1.165, 1.54) is 11.1 Å². The lowest BCUT2D eigenvalue weighted by molar-refractivity contribution is 0.516. The lowest BCUT2D eigenvalue weighted by atomic mass is 9.86. The minimum Gasteiger partial charge on any atom is -0.240 e. The standard InChI is InChI=1S/C27H40N4P2/c1-24(2,3)20-16-19(18-33(25(4,5)6)26(7,8)9)21(17-20)27(32,22-28-12-10-13-29-22)23-30-14-11-15-31-23/h10-17,19H,18,32H2,1-9H3. The minimum atomic E-state index is -0.687. The Balaban J connectivity index is 2.21. The molecule has 1 aliphatic carbocycles. The molecule has 3 rings (SSSR count). The van der Waals surface area contributed by atoms with Crippen molar-refractivity contribution in [1.82, 2.24) is 19.9 Å². The Labute approximate surface area is 204 Å². The van der Waals surface area contributed by atoms with Crippen molar-refractivity contribution < 1.29 is 0 Å². The molecule has 0 aliphatic heterocycles. The zero-order valence-corrected chi connectivity index (χ0v) is 23.8. The van der Waals surface area contributed by atoms with Gasteiger partial charge in [-0.2, -0.15) is 0 Å². The molecule has 0 fully saturated rings. The normalized spacial score (nSPS) is 17.8. The smallest absolute Gasteiger partial charge is 0.149 e. The van der Waals surface area contributed by atoms with Gasteiger partial charge in [0, 0.05) is 30.7 Å². The Kier molecular flexibility index (Phi) is 7.34. The quantitative estimate of drug-likeness (QED) is 0.431. The number of nitrogens with zero attached hydrogens (tertiary/aromatic N) is 4. The average molecular weight is 483 g/mol. The number of allylic oxidation sites excluding steroid dienone is 4. The number of hydrogen-bond acceptors (Lipinski definition) is 4. The fourth-order valence-electron chi connectivity index (χ4n) is 4.77. The Hall–Kier alpha value is -1.50. The predicted molar refractivity (Wildman–Crippen MR) is 145 cm³/mol. The van der Waals surface area contributed by atoms with Gasteiger partial charge < -0.3 is 0 Å². The van der Waals surface area contributed by atoms with Gasteiger partial charge in [0.1, 0.15) is 16.8 Å². The van der Waals surface area contributed by atoms with Gasteiger partial charge in [0.15, 0.2) is 0 Å². The van der Waals surface area contributed by atoms with Crippen molar-refractivity contribution in [1.29, 1.82) is 0 Å². The van der Waals surface area contributed by atoms with Crippen molar-refractivity contribution in [3.63, 3.8) is 0 Å². The molecule has 1 aliphatic rings. The zero-order chi connectivity index (χ0) is 24.7. The summed E-state index contributed by atoms with van der Waals surface area (Å²) in [6.45, 7) is 21.2. The molecule has 2 aromatic heterocycles. The third kappa shape index (κ3) is 5.60. The fraction of sp³-hybridized carbons (Fsp3) is 0.556. The molecular formula is C27H40N4P2. The molecule has 6 heteroatoms. The van der Waals surface area contributed by atoms with Crippen LogP contribution in [0.4, 0.5) is 0 Å². The fourth-order valence-corrected chi connectivity index (χ4v) is 9.17. The molecule has 2 aromatic rings. The van der Waals surface area contributed by atoms with Gasteiger partial charge in [-0.3, -0.25) is 0 Å². The maximum absolute atomic E-state index is 4.70. The summed E-state index contributed by atoms with van der Waals surface area (Å²) in [7, 11) is 2.75. The van der Waals surface area contributed by atoms with E-state index in [4.69, 9.17) is 19.9 Å². The Bertz CT molecular complexity index is 957. The first-order valence-corrected chi connectivity index (χ1v) is 13.8. The summed E-state index contributed by atoms with van der Waals surface area (Å²) in [5, 5.41) is -0.201. The van der Waals surface area contributed by atoms with Crippen LogP contribution in [0.25, 0.3) is 0 Å². The van der Waals surface area contributed by atoms with E-state index in [1.54, 1.807) is 0 Å². The van der Waals surface area contributed by atoms with Crippen LogP contribution in [0.5, 0.6) is 0 Å². The second kappa shape index (κ2) is 9.27. The van der Waals surface area contributed by atoms with Gasteiger partial charge in [0.2, 0.25) is 0 Å². The summed E-state index contributed by atoms with van der Waals surface area (Å²) in [6, 6.07) is 3.72. The van der Waals surface area contributed by atoms with Crippen LogP contribution in [-0.4, -0.2) is 36.4 Å². The van der Waals surface area contributed by atoms with Gasteiger partial charge in [-0.1, -0.05) is 82.4 Å². The molecule has 2 atom stereocenters. The van der Waals surface area contributed by atoms with Crippen LogP contribution in [0, 0.1) is 11.3 Å². The molecule has 0 aromatic carbocycles. The van der Waals surface area contributed by atoms with E-state index in [0.717, 1.165) is 17.8 Å². The molecule has 33 heavy (non-hydrogen) atoms. The largest absolute Gasteiger partial charge is 0.240 e. The van der Waals surface area contributed by atoms with Crippen LogP contribution in [0.1, 0.15) is 74.0 Å². The lowest BCUT2D eigenvalue weighted by Gasteiger charge is -2.44. The Morgan fingerprint density at radius 1 is 0.758 bits per heavy atom. The van der Waals surface area contributed by atoms with Gasteiger partial charge in [-0.15, -0.1) is 9.24 Å². The monoisotopic (exact) mass is 482 g/mol. The lowest BCUT2D eigenvalue weighted by Crippen LogP contribution is -2.34. The number of aromatic nitrogens is 4. The van der Waals surface area contributed by atoms with Crippen molar-refractivity contribution in [2.24, 2.45) is 11.3 Å². The first-order valence-electron chi connectivity index (χ1n) is 11.7. The third-order valence-corrected chi connectivity index (χ3v) is 11.1. The average Bonchev–Trinajstić information content (AvgIpc) is 3.16. The zero-order valence-electron chi connectivity index (χ0n) is 21.7. The summed E-state index contributed by atoms with van der Waals surface area (Å²) < 4.78 is 0. The van der Waals surface area contributed by atoms with Gasteiger partial charge in [-0.05, 0) is 45.2 Å². The van der Waals surface area contributed by atoms with Crippen LogP contribution < -0.4 is 0 Å². The van der Waals surface area contributed by atoms with Crippen molar-refractivity contribution in [3.05, 3.63) is 71.9 Å². The van der Waals surface area contributed by atoms with E-state index in [0.29, 0.717) is 0 Å². The molecule has 178 valence electrons.